The lowest BCUT2D eigenvalue weighted by Gasteiger charge is -2.28. The van der Waals surface area contributed by atoms with Crippen LogP contribution in [-0.2, 0) is 22.7 Å². The van der Waals surface area contributed by atoms with E-state index in [0.717, 1.165) is 35.1 Å². The molecular weight excluding hydrogens is 516 g/mol. The Balaban J connectivity index is 0.000000571. The van der Waals surface area contributed by atoms with Gasteiger partial charge < -0.3 is 49.2 Å². The van der Waals surface area contributed by atoms with E-state index in [9.17, 15) is 19.8 Å². The number of rotatable bonds is 13. The van der Waals surface area contributed by atoms with E-state index in [0.29, 0.717) is 0 Å². The van der Waals surface area contributed by atoms with E-state index in [-0.39, 0.29) is 0 Å². The lowest BCUT2D eigenvalue weighted by atomic mass is 10.0. The molecule has 0 spiro atoms. The molecule has 0 heterocycles. The van der Waals surface area contributed by atoms with Gasteiger partial charge >= 0.3 is 0 Å². The van der Waals surface area contributed by atoms with Crippen LogP contribution < -0.4 is 10.2 Å². The fourth-order valence-electron chi connectivity index (χ4n) is 3.64. The van der Waals surface area contributed by atoms with E-state index in [1.165, 1.54) is 11.1 Å². The number of carbonyl (C=O) groups excluding carboxylic acids is 2. The molecule has 2 aromatic carbocycles. The van der Waals surface area contributed by atoms with Crippen LogP contribution in [0.5, 0.6) is 0 Å². The Kier molecular flexibility index (Phi) is 16.5. The second-order valence-corrected chi connectivity index (χ2v) is 10.6. The summed E-state index contributed by atoms with van der Waals surface area (Å²) in [5, 5.41) is 54.7. The van der Waals surface area contributed by atoms with Crippen molar-refractivity contribution < 1.29 is 49.2 Å². The number of carboxylic acid groups (broad SMARTS) is 2. The van der Waals surface area contributed by atoms with Gasteiger partial charge in [-0.05, 0) is 12.2 Å². The minimum Gasteiger partial charge on any atom is -0.547 e. The van der Waals surface area contributed by atoms with Crippen LogP contribution in [0.1, 0.15) is 11.1 Å². The SMILES string of the molecule is C=CC[N+](C)(C)Cc1ccccc1.C=CC[N+](C)(C)Cc1ccccc1.O=C([O-])[C@@H](O)[C@@H](O)[C@H](O)[C@@H](O)C(=O)[O-]. The van der Waals surface area contributed by atoms with Crippen molar-refractivity contribution in [3.63, 3.8) is 0 Å². The predicted molar refractivity (Wildman–Crippen MR) is 149 cm³/mol. The number of carboxylic acids is 2. The zero-order chi connectivity index (χ0) is 30.9. The molecule has 40 heavy (non-hydrogen) atoms. The molecule has 4 N–H and O–H groups in total. The van der Waals surface area contributed by atoms with Gasteiger partial charge in [0, 0.05) is 11.1 Å². The Hall–Kier alpha value is -3.38. The molecule has 0 bridgehead atoms. The summed E-state index contributed by atoms with van der Waals surface area (Å²) in [6.45, 7) is 11.7. The first-order chi connectivity index (χ1) is 18.6. The van der Waals surface area contributed by atoms with Crippen LogP contribution in [0.25, 0.3) is 0 Å². The first-order valence-corrected chi connectivity index (χ1v) is 12.6. The molecule has 0 radical (unpaired) electrons. The lowest BCUT2D eigenvalue weighted by molar-refractivity contribution is -0.897. The summed E-state index contributed by atoms with van der Waals surface area (Å²) in [6, 6.07) is 21.1. The maximum atomic E-state index is 9.96. The quantitative estimate of drug-likeness (QED) is 0.176. The molecule has 0 aliphatic rings. The zero-order valence-corrected chi connectivity index (χ0v) is 23.8. The minimum absolute atomic E-state index is 0.966. The Labute approximate surface area is 237 Å². The summed E-state index contributed by atoms with van der Waals surface area (Å²) in [5.41, 5.74) is 2.77. The van der Waals surface area contributed by atoms with Crippen LogP contribution in [0, 0.1) is 0 Å². The van der Waals surface area contributed by atoms with E-state index < -0.39 is 36.4 Å². The molecule has 0 amide bonds. The average molecular weight is 561 g/mol. The summed E-state index contributed by atoms with van der Waals surface area (Å²) >= 11 is 0. The number of likely N-dealkylation sites (N-methyl/N-ethyl adjacent to an activating group) is 2. The summed E-state index contributed by atoms with van der Waals surface area (Å²) in [7, 11) is 8.87. The highest BCUT2D eigenvalue weighted by Gasteiger charge is 2.31. The monoisotopic (exact) mass is 560 g/mol. The molecule has 0 saturated heterocycles. The number of hydrogen-bond acceptors (Lipinski definition) is 8. The van der Waals surface area contributed by atoms with Gasteiger partial charge in [-0.15, -0.1) is 0 Å². The molecule has 0 aliphatic heterocycles. The molecule has 10 heteroatoms. The topological polar surface area (TPSA) is 161 Å². The van der Waals surface area contributed by atoms with Crippen molar-refractivity contribution in [3.05, 3.63) is 97.1 Å². The normalized spacial score (nSPS) is 14.1. The van der Waals surface area contributed by atoms with Crippen molar-refractivity contribution in [1.29, 1.82) is 0 Å². The summed E-state index contributed by atoms with van der Waals surface area (Å²) in [6.07, 6.45) is -5.81. The zero-order valence-electron chi connectivity index (χ0n) is 23.8. The van der Waals surface area contributed by atoms with Gasteiger partial charge in [0.05, 0.1) is 53.2 Å². The van der Waals surface area contributed by atoms with Crippen LogP contribution in [-0.4, -0.2) is 107 Å². The van der Waals surface area contributed by atoms with E-state index in [2.05, 4.69) is 102 Å². The number of nitrogens with zero attached hydrogens (tertiary/aromatic N) is 2. The van der Waals surface area contributed by atoms with Gasteiger partial charge in [-0.3, -0.25) is 0 Å². The molecule has 4 atom stereocenters. The van der Waals surface area contributed by atoms with Crippen molar-refractivity contribution in [2.75, 3.05) is 41.3 Å². The Morgan fingerprint density at radius 3 is 1.18 bits per heavy atom. The second-order valence-electron chi connectivity index (χ2n) is 10.6. The number of carbonyl (C=O) groups is 2. The number of aliphatic carboxylic acids is 2. The number of quaternary nitrogens is 2. The van der Waals surface area contributed by atoms with E-state index in [4.69, 9.17) is 20.4 Å². The molecular formula is C30H44N2O8. The number of benzene rings is 2. The van der Waals surface area contributed by atoms with E-state index in [1.54, 1.807) is 0 Å². The maximum absolute atomic E-state index is 9.96. The van der Waals surface area contributed by atoms with Crippen molar-refractivity contribution in [2.24, 2.45) is 0 Å². The van der Waals surface area contributed by atoms with Crippen molar-refractivity contribution in [1.82, 2.24) is 0 Å². The van der Waals surface area contributed by atoms with E-state index in [1.807, 2.05) is 12.2 Å². The van der Waals surface area contributed by atoms with Crippen LogP contribution in [0.15, 0.2) is 86.0 Å². The van der Waals surface area contributed by atoms with Gasteiger partial charge in [0.15, 0.2) is 0 Å². The Bertz CT molecular complexity index is 945. The second kappa shape index (κ2) is 18.1. The highest BCUT2D eigenvalue weighted by molar-refractivity contribution is 5.72. The Morgan fingerprint density at radius 2 is 0.950 bits per heavy atom. The van der Waals surface area contributed by atoms with Crippen molar-refractivity contribution in [2.45, 2.75) is 37.5 Å². The average Bonchev–Trinajstić information content (AvgIpc) is 2.88. The van der Waals surface area contributed by atoms with Crippen molar-refractivity contribution in [3.8, 4) is 0 Å². The molecule has 0 aromatic heterocycles. The number of aliphatic hydroxyl groups is 4. The third kappa shape index (κ3) is 15.3. The van der Waals surface area contributed by atoms with E-state index >= 15 is 0 Å². The first-order valence-electron chi connectivity index (χ1n) is 12.6. The van der Waals surface area contributed by atoms with Crippen LogP contribution in [0.3, 0.4) is 0 Å². The van der Waals surface area contributed by atoms with Gasteiger partial charge in [-0.25, -0.2) is 0 Å². The third-order valence-corrected chi connectivity index (χ3v) is 5.63. The fourth-order valence-corrected chi connectivity index (χ4v) is 3.64. The summed E-state index contributed by atoms with van der Waals surface area (Å²) in [5.74, 6) is -4.22. The summed E-state index contributed by atoms with van der Waals surface area (Å²) in [4.78, 5) is 19.9. The molecule has 2 aromatic rings. The first kappa shape index (κ1) is 36.6. The maximum Gasteiger partial charge on any atom is 0.122 e. The number of hydrogen-bond donors (Lipinski definition) is 4. The van der Waals surface area contributed by atoms with Gasteiger partial charge in [-0.2, -0.15) is 0 Å². The summed E-state index contributed by atoms with van der Waals surface area (Å²) < 4.78 is 1.93. The smallest absolute Gasteiger partial charge is 0.122 e. The molecule has 0 aliphatic carbocycles. The van der Waals surface area contributed by atoms with Gasteiger partial charge in [-0.1, -0.05) is 73.8 Å². The Morgan fingerprint density at radius 1 is 0.675 bits per heavy atom. The third-order valence-electron chi connectivity index (χ3n) is 5.63. The number of aliphatic hydroxyl groups excluding tert-OH is 4. The highest BCUT2D eigenvalue weighted by Crippen LogP contribution is 2.09. The van der Waals surface area contributed by atoms with Crippen LogP contribution in [0.2, 0.25) is 0 Å². The van der Waals surface area contributed by atoms with Crippen LogP contribution >= 0.6 is 0 Å². The van der Waals surface area contributed by atoms with Gasteiger partial charge in [0.25, 0.3) is 0 Å². The van der Waals surface area contributed by atoms with Gasteiger partial charge in [0.2, 0.25) is 0 Å². The molecule has 0 unspecified atom stereocenters. The van der Waals surface area contributed by atoms with Crippen LogP contribution in [0.4, 0.5) is 0 Å². The highest BCUT2D eigenvalue weighted by atomic mass is 16.4. The largest absolute Gasteiger partial charge is 0.547 e. The lowest BCUT2D eigenvalue weighted by Crippen LogP contribution is -2.55. The minimum atomic E-state index is -2.50. The standard InChI is InChI=1S/2C12H18N.C6H10O8/c2*1-4-10-13(2,3)11-12-8-6-5-7-9-12;7-1(3(9)5(11)12)2(8)4(10)6(13)14/h2*4-9H,1,10-11H2,2-3H3;1-4,7-10H,(H,11,12)(H,13,14)/q2*+1;/p-2/t;;1-,2-,3-,4+/m..0/s1. The molecule has 222 valence electrons. The molecule has 2 rings (SSSR count). The molecule has 0 fully saturated rings. The van der Waals surface area contributed by atoms with Crippen molar-refractivity contribution >= 4 is 11.9 Å². The van der Waals surface area contributed by atoms with Gasteiger partial charge in [0.1, 0.15) is 37.5 Å². The fraction of sp³-hybridized carbons (Fsp3) is 0.400. The predicted octanol–water partition coefficient (Wildman–Crippen LogP) is -1.17. The molecule has 10 nitrogen and oxygen atoms in total. The molecule has 0 saturated carbocycles.